The fraction of sp³-hybridized carbons (Fsp3) is 0.0714. The Labute approximate surface area is 126 Å². The number of hydrogen-bond donors (Lipinski definition) is 2. The molecule has 0 saturated heterocycles. The van der Waals surface area contributed by atoms with Crippen LogP contribution in [0.5, 0.6) is 0 Å². The van der Waals surface area contributed by atoms with Gasteiger partial charge < -0.3 is 5.32 Å². The first-order valence-corrected chi connectivity index (χ1v) is 8.01. The fourth-order valence-electron chi connectivity index (χ4n) is 2.47. The molecule has 0 spiro atoms. The van der Waals surface area contributed by atoms with Crippen LogP contribution in [0.3, 0.4) is 0 Å². The van der Waals surface area contributed by atoms with Crippen LogP contribution in [0.25, 0.3) is 11.0 Å². The Morgan fingerprint density at radius 3 is 2.95 bits per heavy atom. The molecule has 8 heteroatoms. The van der Waals surface area contributed by atoms with Gasteiger partial charge in [-0.2, -0.15) is 17.9 Å². The Kier molecular flexibility index (Phi) is 2.58. The maximum Gasteiger partial charge on any atom is 0.283 e. The predicted molar refractivity (Wildman–Crippen MR) is 83.0 cm³/mol. The summed E-state index contributed by atoms with van der Waals surface area (Å²) in [4.78, 5) is 4.46. The SMILES string of the molecule is CC1=NS(=O)(=O)c2cc(Nc3n[nH]c4cccnc34)ccc21. The number of benzene rings is 1. The Morgan fingerprint density at radius 2 is 2.09 bits per heavy atom. The maximum absolute atomic E-state index is 12.0. The molecule has 0 saturated carbocycles. The minimum atomic E-state index is -3.59. The lowest BCUT2D eigenvalue weighted by Crippen LogP contribution is -1.98. The molecule has 1 aliphatic rings. The summed E-state index contributed by atoms with van der Waals surface area (Å²) in [6.45, 7) is 1.68. The van der Waals surface area contributed by atoms with Gasteiger partial charge in [0.1, 0.15) is 10.4 Å². The van der Waals surface area contributed by atoms with Crippen LogP contribution in [0.1, 0.15) is 12.5 Å². The van der Waals surface area contributed by atoms with Gasteiger partial charge >= 0.3 is 0 Å². The van der Waals surface area contributed by atoms with Crippen LogP contribution in [-0.2, 0) is 10.0 Å². The van der Waals surface area contributed by atoms with Gasteiger partial charge in [0.25, 0.3) is 10.0 Å². The Morgan fingerprint density at radius 1 is 1.23 bits per heavy atom. The molecule has 0 amide bonds. The standard InChI is InChI=1S/C14H11N5O2S/c1-8-10-5-4-9(7-12(10)22(20,21)19-8)16-14-13-11(17-18-14)3-2-6-15-13/h2-7H,1H3,(H2,16,17,18). The van der Waals surface area contributed by atoms with Crippen LogP contribution < -0.4 is 5.32 Å². The van der Waals surface area contributed by atoms with Gasteiger partial charge in [0.15, 0.2) is 5.82 Å². The van der Waals surface area contributed by atoms with E-state index in [4.69, 9.17) is 0 Å². The normalized spacial score (nSPS) is 15.6. The van der Waals surface area contributed by atoms with Crippen LogP contribution in [0.4, 0.5) is 11.5 Å². The summed E-state index contributed by atoms with van der Waals surface area (Å²) in [7, 11) is -3.59. The van der Waals surface area contributed by atoms with E-state index in [1.165, 1.54) is 0 Å². The molecule has 0 fully saturated rings. The summed E-state index contributed by atoms with van der Waals surface area (Å²) in [5.74, 6) is 0.545. The van der Waals surface area contributed by atoms with E-state index in [1.807, 2.05) is 12.1 Å². The third kappa shape index (κ3) is 1.88. The predicted octanol–water partition coefficient (Wildman–Crippen LogP) is 2.21. The van der Waals surface area contributed by atoms with Gasteiger partial charge in [-0.3, -0.25) is 10.1 Å². The van der Waals surface area contributed by atoms with Gasteiger partial charge in [0, 0.05) is 17.4 Å². The van der Waals surface area contributed by atoms with Crippen molar-refractivity contribution in [2.24, 2.45) is 4.40 Å². The highest BCUT2D eigenvalue weighted by molar-refractivity contribution is 7.90. The quantitative estimate of drug-likeness (QED) is 0.755. The monoisotopic (exact) mass is 313 g/mol. The smallest absolute Gasteiger partial charge is 0.283 e. The Bertz CT molecular complexity index is 1040. The van der Waals surface area contributed by atoms with Gasteiger partial charge in [-0.25, -0.2) is 0 Å². The summed E-state index contributed by atoms with van der Waals surface area (Å²) in [5, 5.41) is 10.1. The average molecular weight is 313 g/mol. The second kappa shape index (κ2) is 4.38. The first kappa shape index (κ1) is 13.0. The molecule has 0 bridgehead atoms. The summed E-state index contributed by atoms with van der Waals surface area (Å²) in [6.07, 6.45) is 1.67. The van der Waals surface area contributed by atoms with Crippen molar-refractivity contribution < 1.29 is 8.42 Å². The number of aromatic amines is 1. The third-order valence-electron chi connectivity index (χ3n) is 3.49. The minimum absolute atomic E-state index is 0.211. The number of nitrogens with one attached hydrogen (secondary N) is 2. The van der Waals surface area contributed by atoms with Crippen molar-refractivity contribution in [2.45, 2.75) is 11.8 Å². The first-order chi connectivity index (χ1) is 10.5. The molecular weight excluding hydrogens is 302 g/mol. The lowest BCUT2D eigenvalue weighted by Gasteiger charge is -2.05. The zero-order valence-corrected chi connectivity index (χ0v) is 12.3. The van der Waals surface area contributed by atoms with Crippen molar-refractivity contribution in [1.82, 2.24) is 15.2 Å². The summed E-state index contributed by atoms with van der Waals surface area (Å²) in [6, 6.07) is 8.77. The van der Waals surface area contributed by atoms with Gasteiger partial charge in [-0.15, -0.1) is 0 Å². The zero-order valence-electron chi connectivity index (χ0n) is 11.5. The highest BCUT2D eigenvalue weighted by atomic mass is 32.2. The van der Waals surface area contributed by atoms with Crippen molar-refractivity contribution in [3.63, 3.8) is 0 Å². The first-order valence-electron chi connectivity index (χ1n) is 6.57. The molecule has 2 N–H and O–H groups in total. The molecule has 2 aromatic heterocycles. The van der Waals surface area contributed by atoms with Crippen molar-refractivity contribution in [3.05, 3.63) is 42.1 Å². The van der Waals surface area contributed by atoms with Crippen molar-refractivity contribution in [2.75, 3.05) is 5.32 Å². The molecule has 3 heterocycles. The number of pyridine rings is 1. The minimum Gasteiger partial charge on any atom is -0.337 e. The molecule has 1 aliphatic heterocycles. The second-order valence-electron chi connectivity index (χ2n) is 4.96. The number of aromatic nitrogens is 3. The topological polar surface area (TPSA) is 100 Å². The van der Waals surface area contributed by atoms with Gasteiger partial charge in [-0.05, 0) is 37.3 Å². The van der Waals surface area contributed by atoms with Crippen LogP contribution in [0.2, 0.25) is 0 Å². The van der Waals surface area contributed by atoms with E-state index >= 15 is 0 Å². The number of sulfonamides is 1. The fourth-order valence-corrected chi connectivity index (χ4v) is 3.79. The van der Waals surface area contributed by atoms with Crippen molar-refractivity contribution in [1.29, 1.82) is 0 Å². The molecule has 7 nitrogen and oxygen atoms in total. The van der Waals surface area contributed by atoms with Crippen LogP contribution in [0, 0.1) is 0 Å². The molecule has 3 aromatic rings. The molecule has 0 atom stereocenters. The highest BCUT2D eigenvalue weighted by Gasteiger charge is 2.26. The Hall–Kier alpha value is -2.74. The van der Waals surface area contributed by atoms with E-state index in [9.17, 15) is 8.42 Å². The van der Waals surface area contributed by atoms with Crippen molar-refractivity contribution >= 4 is 38.3 Å². The van der Waals surface area contributed by atoms with Crippen LogP contribution in [0.15, 0.2) is 45.8 Å². The molecule has 0 radical (unpaired) electrons. The largest absolute Gasteiger partial charge is 0.337 e. The van der Waals surface area contributed by atoms with E-state index in [0.29, 0.717) is 28.3 Å². The van der Waals surface area contributed by atoms with Gasteiger partial charge in [-0.1, -0.05) is 0 Å². The van der Waals surface area contributed by atoms with E-state index < -0.39 is 10.0 Å². The summed E-state index contributed by atoms with van der Waals surface area (Å²) in [5.41, 5.74) is 3.26. The molecule has 110 valence electrons. The summed E-state index contributed by atoms with van der Waals surface area (Å²) < 4.78 is 27.7. The number of fused-ring (bicyclic) bond motifs is 2. The Balaban J connectivity index is 1.77. The van der Waals surface area contributed by atoms with Gasteiger partial charge in [0.2, 0.25) is 0 Å². The molecule has 0 unspecified atom stereocenters. The van der Waals surface area contributed by atoms with E-state index in [1.54, 1.807) is 31.3 Å². The number of H-pyrrole nitrogens is 1. The second-order valence-corrected chi connectivity index (χ2v) is 6.53. The maximum atomic E-state index is 12.0. The molecule has 0 aliphatic carbocycles. The van der Waals surface area contributed by atoms with E-state index in [-0.39, 0.29) is 4.90 Å². The number of anilines is 2. The van der Waals surface area contributed by atoms with Gasteiger partial charge in [0.05, 0.1) is 11.2 Å². The lowest BCUT2D eigenvalue weighted by atomic mass is 10.1. The average Bonchev–Trinajstić information content (AvgIpc) is 2.99. The van der Waals surface area contributed by atoms with E-state index in [2.05, 4.69) is 24.9 Å². The number of rotatable bonds is 2. The molecule has 1 aromatic carbocycles. The lowest BCUT2D eigenvalue weighted by molar-refractivity contribution is 0.599. The van der Waals surface area contributed by atoms with Crippen molar-refractivity contribution in [3.8, 4) is 0 Å². The summed E-state index contributed by atoms with van der Waals surface area (Å²) >= 11 is 0. The molecule has 4 rings (SSSR count). The van der Waals surface area contributed by atoms with Crippen LogP contribution in [-0.4, -0.2) is 29.3 Å². The van der Waals surface area contributed by atoms with E-state index in [0.717, 1.165) is 5.52 Å². The number of hydrogen-bond acceptors (Lipinski definition) is 5. The number of nitrogens with zero attached hydrogens (tertiary/aromatic N) is 3. The zero-order chi connectivity index (χ0) is 15.3. The van der Waals surface area contributed by atoms with Crippen LogP contribution >= 0.6 is 0 Å². The third-order valence-corrected chi connectivity index (χ3v) is 4.90. The molecule has 22 heavy (non-hydrogen) atoms. The highest BCUT2D eigenvalue weighted by Crippen LogP contribution is 2.30. The molecular formula is C14H11N5O2S.